The molecule has 3 aliphatic heterocycles. The Bertz CT molecular complexity index is 1060. The number of amides is 3. The van der Waals surface area contributed by atoms with Gasteiger partial charge in [-0.25, -0.2) is 0 Å². The van der Waals surface area contributed by atoms with Crippen LogP contribution in [0.1, 0.15) is 43.6 Å². The van der Waals surface area contributed by atoms with Crippen molar-refractivity contribution in [2.45, 2.75) is 44.1 Å². The van der Waals surface area contributed by atoms with Gasteiger partial charge in [-0.05, 0) is 49.8 Å². The summed E-state index contributed by atoms with van der Waals surface area (Å²) in [5.74, 6) is 0.211. The largest absolute Gasteiger partial charge is 0.494 e. The van der Waals surface area contributed by atoms with E-state index in [1.54, 1.807) is 0 Å². The second-order valence-corrected chi connectivity index (χ2v) is 11.4. The number of carboxylic acid groups (broad SMARTS) is 1. The smallest absolute Gasteiger partial charge is 0.290 e. The van der Waals surface area contributed by atoms with Crippen LogP contribution < -0.4 is 10.1 Å². The number of rotatable bonds is 3. The number of benzene rings is 1. The third-order valence-electron chi connectivity index (χ3n) is 8.64. The van der Waals surface area contributed by atoms with Gasteiger partial charge in [-0.2, -0.15) is 0 Å². The quantitative estimate of drug-likeness (QED) is 0.430. The number of ether oxygens (including phenoxy) is 2. The van der Waals surface area contributed by atoms with Gasteiger partial charge in [-0.15, -0.1) is 0 Å². The van der Waals surface area contributed by atoms with Gasteiger partial charge < -0.3 is 34.8 Å². The van der Waals surface area contributed by atoms with E-state index in [0.29, 0.717) is 91.2 Å². The van der Waals surface area contributed by atoms with Crippen LogP contribution in [-0.4, -0.2) is 127 Å². The maximum absolute atomic E-state index is 13.5. The van der Waals surface area contributed by atoms with Gasteiger partial charge in [0.25, 0.3) is 6.47 Å². The molecular weight excluding hydrogens is 544 g/mol. The first kappa shape index (κ1) is 31.7. The van der Waals surface area contributed by atoms with Gasteiger partial charge in [0.05, 0.1) is 38.4 Å². The Morgan fingerprint density at radius 2 is 1.69 bits per heavy atom. The fraction of sp³-hybridized carbons (Fsp3) is 0.667. The lowest BCUT2D eigenvalue weighted by Crippen LogP contribution is -2.45. The van der Waals surface area contributed by atoms with Crippen LogP contribution in [0.2, 0.25) is 0 Å². The zero-order valence-corrected chi connectivity index (χ0v) is 24.2. The van der Waals surface area contributed by atoms with Crippen molar-refractivity contribution in [2.75, 3.05) is 72.2 Å². The second kappa shape index (κ2) is 15.9. The Hall–Kier alpha value is -3.22. The van der Waals surface area contributed by atoms with Gasteiger partial charge in [0, 0.05) is 57.6 Å². The number of hydrogen-bond acceptors (Lipinski definition) is 8. The lowest BCUT2D eigenvalue weighted by atomic mass is 9.86. The molecule has 232 valence electrons. The molecule has 0 radical (unpaired) electrons. The van der Waals surface area contributed by atoms with E-state index in [9.17, 15) is 19.5 Å². The number of aliphatic hydroxyl groups excluding tert-OH is 1. The fourth-order valence-corrected chi connectivity index (χ4v) is 6.30. The number of aliphatic hydroxyl groups is 1. The summed E-state index contributed by atoms with van der Waals surface area (Å²) in [5.41, 5.74) is 1.00. The highest BCUT2D eigenvalue weighted by atomic mass is 16.5. The fourth-order valence-electron chi connectivity index (χ4n) is 6.30. The molecule has 2 bridgehead atoms. The monoisotopic (exact) mass is 588 g/mol. The van der Waals surface area contributed by atoms with E-state index >= 15 is 0 Å². The first-order valence-electron chi connectivity index (χ1n) is 15.0. The Balaban J connectivity index is 0.00000129. The number of hydrogen-bond donors (Lipinski definition) is 3. The minimum atomic E-state index is -0.374. The average Bonchev–Trinajstić information content (AvgIpc) is 3.45. The molecule has 1 aliphatic carbocycles. The molecule has 0 unspecified atom stereocenters. The van der Waals surface area contributed by atoms with Crippen LogP contribution in [0.5, 0.6) is 5.75 Å². The molecule has 2 atom stereocenters. The van der Waals surface area contributed by atoms with Crippen molar-refractivity contribution in [3.05, 3.63) is 29.8 Å². The number of carbonyl (C=O) groups is 4. The third kappa shape index (κ3) is 8.65. The highest BCUT2D eigenvalue weighted by Gasteiger charge is 2.41. The van der Waals surface area contributed by atoms with Gasteiger partial charge >= 0.3 is 0 Å². The molecule has 12 nitrogen and oxygen atoms in total. The lowest BCUT2D eigenvalue weighted by Gasteiger charge is -2.31. The molecule has 0 aromatic heterocycles. The number of carbonyl (C=O) groups excluding carboxylic acids is 3. The maximum Gasteiger partial charge on any atom is 0.290 e. The molecule has 1 saturated carbocycles. The van der Waals surface area contributed by atoms with E-state index in [0.717, 1.165) is 24.4 Å². The van der Waals surface area contributed by atoms with E-state index in [2.05, 4.69) is 10.2 Å². The summed E-state index contributed by atoms with van der Waals surface area (Å²) in [6, 6.07) is 7.86. The molecular formula is C30H44N4O8. The van der Waals surface area contributed by atoms with Crippen LogP contribution in [0.4, 0.5) is 0 Å². The summed E-state index contributed by atoms with van der Waals surface area (Å²) >= 11 is 0. The molecule has 1 aromatic rings. The summed E-state index contributed by atoms with van der Waals surface area (Å²) < 4.78 is 11.5. The highest BCUT2D eigenvalue weighted by molar-refractivity contribution is 5.84. The summed E-state index contributed by atoms with van der Waals surface area (Å²) in [4.78, 5) is 54.2. The first-order valence-corrected chi connectivity index (χ1v) is 15.0. The molecule has 1 aromatic carbocycles. The molecule has 3 amide bonds. The predicted molar refractivity (Wildman–Crippen MR) is 153 cm³/mol. The van der Waals surface area contributed by atoms with Crippen molar-refractivity contribution in [2.24, 2.45) is 11.8 Å². The van der Waals surface area contributed by atoms with Crippen LogP contribution in [0.3, 0.4) is 0 Å². The Kier molecular flexibility index (Phi) is 12.0. The number of likely N-dealkylation sites (tertiary alicyclic amines) is 1. The second-order valence-electron chi connectivity index (χ2n) is 11.4. The predicted octanol–water partition coefficient (Wildman–Crippen LogP) is 0.540. The molecule has 4 aliphatic rings. The van der Waals surface area contributed by atoms with Gasteiger partial charge in [0.2, 0.25) is 17.7 Å². The van der Waals surface area contributed by atoms with Gasteiger partial charge in [-0.3, -0.25) is 24.1 Å². The Labute approximate surface area is 246 Å². The summed E-state index contributed by atoms with van der Waals surface area (Å²) in [5, 5.41) is 19.8. The van der Waals surface area contributed by atoms with Crippen LogP contribution in [0, 0.1) is 11.8 Å². The zero-order valence-electron chi connectivity index (χ0n) is 24.2. The molecule has 3 N–H and O–H groups in total. The van der Waals surface area contributed by atoms with Crippen LogP contribution in [0.15, 0.2) is 24.3 Å². The van der Waals surface area contributed by atoms with Crippen molar-refractivity contribution >= 4 is 24.2 Å². The average molecular weight is 589 g/mol. The minimum Gasteiger partial charge on any atom is -0.494 e. The number of fused-ring (bicyclic) bond motifs is 4. The van der Waals surface area contributed by atoms with Crippen molar-refractivity contribution in [3.8, 4) is 5.75 Å². The molecule has 2 saturated heterocycles. The van der Waals surface area contributed by atoms with E-state index < -0.39 is 0 Å². The number of nitrogens with zero attached hydrogens (tertiary/aromatic N) is 3. The normalized spacial score (nSPS) is 27.3. The SMILES string of the molecule is O=C1NCCN(C(=O)C2CCC(O)CC2)CCCOc2cccc(c2)[C@H]2CN(C(=O)CN3CCOCC3)C[C@H]12.O=CO. The zero-order chi connectivity index (χ0) is 29.9. The van der Waals surface area contributed by atoms with Gasteiger partial charge in [-0.1, -0.05) is 12.1 Å². The molecule has 12 heteroatoms. The topological polar surface area (TPSA) is 149 Å². The summed E-state index contributed by atoms with van der Waals surface area (Å²) in [6.45, 7) is 5.55. The summed E-state index contributed by atoms with van der Waals surface area (Å²) in [6.07, 6.45) is 3.09. The number of morpholine rings is 1. The lowest BCUT2D eigenvalue weighted by molar-refractivity contribution is -0.138. The maximum atomic E-state index is 13.5. The van der Waals surface area contributed by atoms with E-state index in [1.165, 1.54) is 0 Å². The Morgan fingerprint density at radius 1 is 0.976 bits per heavy atom. The molecule has 42 heavy (non-hydrogen) atoms. The highest BCUT2D eigenvalue weighted by Crippen LogP contribution is 2.35. The van der Waals surface area contributed by atoms with E-state index in [-0.39, 0.29) is 48.1 Å². The Morgan fingerprint density at radius 3 is 2.43 bits per heavy atom. The minimum absolute atomic E-state index is 0.0388. The molecule has 3 fully saturated rings. The van der Waals surface area contributed by atoms with Crippen molar-refractivity contribution in [1.29, 1.82) is 0 Å². The van der Waals surface area contributed by atoms with Crippen molar-refractivity contribution < 1.29 is 38.9 Å². The van der Waals surface area contributed by atoms with E-state index in [1.807, 2.05) is 34.1 Å². The summed E-state index contributed by atoms with van der Waals surface area (Å²) in [7, 11) is 0. The van der Waals surface area contributed by atoms with Crippen LogP contribution >= 0.6 is 0 Å². The van der Waals surface area contributed by atoms with Gasteiger partial charge in [0.15, 0.2) is 0 Å². The van der Waals surface area contributed by atoms with E-state index in [4.69, 9.17) is 19.4 Å². The van der Waals surface area contributed by atoms with Gasteiger partial charge in [0.1, 0.15) is 5.75 Å². The standard InChI is InChI=1S/C29H42N4O6.CH2O2/c34-23-7-5-21(6-8-23)29(37)32-10-2-14-39-24-4-1-3-22(17-24)25-18-33(19-26(25)28(36)30-9-11-32)27(35)20-31-12-15-38-16-13-31;2-1-3/h1,3-4,17,21,23,25-26,34H,2,5-16,18-20H2,(H,30,36);1H,(H,2,3)/t21?,23?,25-,26+;/m1./s1. The number of nitrogens with one attached hydrogen (secondary N) is 1. The first-order chi connectivity index (χ1) is 20.4. The molecule has 0 spiro atoms. The van der Waals surface area contributed by atoms with Crippen LogP contribution in [-0.2, 0) is 23.9 Å². The van der Waals surface area contributed by atoms with Crippen LogP contribution in [0.25, 0.3) is 0 Å². The molecule has 5 rings (SSSR count). The third-order valence-corrected chi connectivity index (χ3v) is 8.64. The van der Waals surface area contributed by atoms with Crippen molar-refractivity contribution in [1.82, 2.24) is 20.0 Å². The van der Waals surface area contributed by atoms with Crippen molar-refractivity contribution in [3.63, 3.8) is 0 Å². The molecule has 3 heterocycles.